The minimum Gasteiger partial charge on any atom is -0.258 e. The van der Waals surface area contributed by atoms with Gasteiger partial charge in [0.15, 0.2) is 0 Å². The van der Waals surface area contributed by atoms with Crippen molar-refractivity contribution in [1.29, 1.82) is 0 Å². The van der Waals surface area contributed by atoms with Crippen LogP contribution in [0.1, 0.15) is 26.5 Å². The molecule has 0 aliphatic heterocycles. The Balaban J connectivity index is 0.000000671. The van der Waals surface area contributed by atoms with Crippen molar-refractivity contribution in [3.8, 4) is 0 Å². The number of alkyl halides is 1. The highest BCUT2D eigenvalue weighted by Gasteiger charge is 2.18. The van der Waals surface area contributed by atoms with Crippen molar-refractivity contribution in [3.63, 3.8) is 0 Å². The normalized spacial score (nSPS) is 13.9. The Bertz CT molecular complexity index is 243. The Morgan fingerprint density at radius 2 is 2.00 bits per heavy atom. The lowest BCUT2D eigenvalue weighted by molar-refractivity contribution is 0.305. The Morgan fingerprint density at radius 1 is 1.46 bits per heavy atom. The van der Waals surface area contributed by atoms with Crippen LogP contribution in [-0.2, 0) is 5.57 Å². The van der Waals surface area contributed by atoms with E-state index in [2.05, 4.69) is 20.9 Å². The highest BCUT2D eigenvalue weighted by atomic mass is 79.9. The van der Waals surface area contributed by atoms with Crippen molar-refractivity contribution >= 4 is 23.8 Å². The topological polar surface area (TPSA) is 12.9 Å². The van der Waals surface area contributed by atoms with Crippen LogP contribution >= 0.6 is 15.9 Å². The fourth-order valence-corrected chi connectivity index (χ4v) is 0.900. The van der Waals surface area contributed by atoms with E-state index in [0.717, 1.165) is 4.47 Å². The Hall–Kier alpha value is -0.375. The van der Waals surface area contributed by atoms with Crippen molar-refractivity contribution in [2.45, 2.75) is 26.3 Å². The van der Waals surface area contributed by atoms with E-state index in [0.29, 0.717) is 0 Å². The van der Waals surface area contributed by atoms with Crippen LogP contribution in [0.3, 0.4) is 0 Å². The minimum absolute atomic E-state index is 0.237. The summed E-state index contributed by atoms with van der Waals surface area (Å²) in [4.78, 5) is 3.80. The first-order chi connectivity index (χ1) is 6.00. The summed E-state index contributed by atoms with van der Waals surface area (Å²) >= 11 is 3.19. The maximum Gasteiger partial charge on any atom is 0.129 e. The lowest BCUT2D eigenvalue weighted by Crippen LogP contribution is -2.16. The quantitative estimate of drug-likeness (QED) is 0.691. The lowest BCUT2D eigenvalue weighted by Gasteiger charge is -2.12. The van der Waals surface area contributed by atoms with Crippen molar-refractivity contribution < 1.29 is 4.39 Å². The zero-order valence-corrected chi connectivity index (χ0v) is 9.60. The third-order valence-corrected chi connectivity index (χ3v) is 1.70. The monoisotopic (exact) mass is 243 g/mol. The van der Waals surface area contributed by atoms with E-state index >= 15 is 0 Å². The molecule has 0 aliphatic carbocycles. The third kappa shape index (κ3) is 4.41. The summed E-state index contributed by atoms with van der Waals surface area (Å²) in [7, 11) is 5.16. The van der Waals surface area contributed by atoms with Gasteiger partial charge in [-0.1, -0.05) is 13.8 Å². The van der Waals surface area contributed by atoms with Gasteiger partial charge < -0.3 is 0 Å². The van der Waals surface area contributed by atoms with Gasteiger partial charge in [-0.25, -0.2) is 4.39 Å². The van der Waals surface area contributed by atoms with E-state index in [4.69, 9.17) is 7.85 Å². The molecular formula is C9H12BBrFN. The predicted molar refractivity (Wildman–Crippen MR) is 57.5 cm³/mol. The molecule has 0 spiro atoms. The van der Waals surface area contributed by atoms with Crippen molar-refractivity contribution in [2.75, 3.05) is 0 Å². The number of rotatable bonds is 1. The van der Waals surface area contributed by atoms with Crippen LogP contribution in [0.5, 0.6) is 0 Å². The molecule has 0 bridgehead atoms. The van der Waals surface area contributed by atoms with E-state index < -0.39 is 5.57 Å². The van der Waals surface area contributed by atoms with Crippen LogP contribution in [0, 0.1) is 0 Å². The predicted octanol–water partition coefficient (Wildman–Crippen LogP) is 3.18. The fourth-order valence-electron chi connectivity index (χ4n) is 0.665. The molecule has 0 aromatic carbocycles. The molecule has 0 aliphatic rings. The first kappa shape index (κ1) is 12.6. The highest BCUT2D eigenvalue weighted by Crippen LogP contribution is 2.19. The summed E-state index contributed by atoms with van der Waals surface area (Å²) in [5, 5.41) is 0. The zero-order valence-electron chi connectivity index (χ0n) is 8.01. The SMILES string of the molecule is CC.[B]C(C)(F)c1ccc(Br)cn1. The van der Waals surface area contributed by atoms with Gasteiger partial charge >= 0.3 is 0 Å². The Labute approximate surface area is 88.3 Å². The fraction of sp³-hybridized carbons (Fsp3) is 0.444. The van der Waals surface area contributed by atoms with E-state index in [1.165, 1.54) is 13.1 Å². The van der Waals surface area contributed by atoms with E-state index in [1.807, 2.05) is 13.8 Å². The van der Waals surface area contributed by atoms with Gasteiger partial charge in [-0.05, 0) is 35.0 Å². The number of aromatic nitrogens is 1. The van der Waals surface area contributed by atoms with Crippen LogP contribution in [0.4, 0.5) is 4.39 Å². The molecule has 70 valence electrons. The van der Waals surface area contributed by atoms with Gasteiger partial charge in [0.05, 0.1) is 5.69 Å². The van der Waals surface area contributed by atoms with Crippen LogP contribution in [0.15, 0.2) is 22.8 Å². The molecule has 13 heavy (non-hydrogen) atoms. The lowest BCUT2D eigenvalue weighted by atomic mass is 9.82. The molecule has 1 nitrogen and oxygen atoms in total. The second-order valence-corrected chi connectivity index (χ2v) is 3.35. The van der Waals surface area contributed by atoms with Gasteiger partial charge in [0.25, 0.3) is 0 Å². The van der Waals surface area contributed by atoms with E-state index in [-0.39, 0.29) is 5.69 Å². The van der Waals surface area contributed by atoms with Gasteiger partial charge in [0.1, 0.15) is 13.4 Å². The first-order valence-corrected chi connectivity index (χ1v) is 4.89. The summed E-state index contributed by atoms with van der Waals surface area (Å²) in [5.74, 6) is 0. The smallest absolute Gasteiger partial charge is 0.129 e. The summed E-state index contributed by atoms with van der Waals surface area (Å²) < 4.78 is 13.8. The summed E-state index contributed by atoms with van der Waals surface area (Å²) in [5.41, 5.74) is -1.61. The van der Waals surface area contributed by atoms with Crippen LogP contribution < -0.4 is 0 Å². The maximum absolute atomic E-state index is 13.0. The number of halogens is 2. The van der Waals surface area contributed by atoms with Crippen LogP contribution in [-0.4, -0.2) is 12.8 Å². The number of nitrogens with zero attached hydrogens (tertiary/aromatic N) is 1. The zero-order chi connectivity index (χ0) is 10.5. The first-order valence-electron chi connectivity index (χ1n) is 4.10. The van der Waals surface area contributed by atoms with Crippen LogP contribution in [0.25, 0.3) is 0 Å². The minimum atomic E-state index is -1.85. The standard InChI is InChI=1S/C7H6BBrFN.C2H6/c1-7(8,10)6-3-2-5(9)4-11-6;1-2/h2-4H,1H3;1-2H3. The molecule has 1 aromatic rings. The Kier molecular flexibility index (Phi) is 5.22. The molecule has 1 rings (SSSR count). The van der Waals surface area contributed by atoms with Crippen molar-refractivity contribution in [1.82, 2.24) is 4.98 Å². The van der Waals surface area contributed by atoms with Crippen LogP contribution in [0.2, 0.25) is 0 Å². The number of hydrogen-bond donors (Lipinski definition) is 0. The molecule has 4 heteroatoms. The van der Waals surface area contributed by atoms with E-state index in [1.54, 1.807) is 12.1 Å². The molecule has 2 radical (unpaired) electrons. The van der Waals surface area contributed by atoms with Gasteiger partial charge in [0.2, 0.25) is 0 Å². The summed E-state index contributed by atoms with van der Waals surface area (Å²) in [6.07, 6.45) is 1.51. The Morgan fingerprint density at radius 3 is 2.31 bits per heavy atom. The molecule has 0 saturated carbocycles. The molecule has 1 heterocycles. The number of pyridine rings is 1. The highest BCUT2D eigenvalue weighted by molar-refractivity contribution is 9.10. The second kappa shape index (κ2) is 5.38. The van der Waals surface area contributed by atoms with Gasteiger partial charge in [-0.2, -0.15) is 0 Å². The van der Waals surface area contributed by atoms with Gasteiger partial charge in [0, 0.05) is 10.7 Å². The second-order valence-electron chi connectivity index (χ2n) is 2.44. The summed E-state index contributed by atoms with van der Waals surface area (Å²) in [6, 6.07) is 3.25. The van der Waals surface area contributed by atoms with E-state index in [9.17, 15) is 4.39 Å². The molecular weight excluding hydrogens is 232 g/mol. The average Bonchev–Trinajstić information content (AvgIpc) is 2.07. The molecule has 0 saturated heterocycles. The van der Waals surface area contributed by atoms with Crippen molar-refractivity contribution in [3.05, 3.63) is 28.5 Å². The molecule has 0 amide bonds. The van der Waals surface area contributed by atoms with Crippen molar-refractivity contribution in [2.24, 2.45) is 0 Å². The molecule has 1 aromatic heterocycles. The summed E-state index contributed by atoms with van der Waals surface area (Å²) in [6.45, 7) is 5.27. The third-order valence-electron chi connectivity index (χ3n) is 1.23. The van der Waals surface area contributed by atoms with Gasteiger partial charge in [-0.3, -0.25) is 4.98 Å². The molecule has 1 unspecified atom stereocenters. The molecule has 0 fully saturated rings. The number of hydrogen-bond acceptors (Lipinski definition) is 1. The average molecular weight is 244 g/mol. The van der Waals surface area contributed by atoms with Gasteiger partial charge in [-0.15, -0.1) is 0 Å². The largest absolute Gasteiger partial charge is 0.258 e. The molecule has 0 N–H and O–H groups in total. The molecule has 1 atom stereocenters. The maximum atomic E-state index is 13.0.